The number of hydrogen-bond donors (Lipinski definition) is 0. The van der Waals surface area contributed by atoms with Gasteiger partial charge in [0.1, 0.15) is 5.60 Å². The molecule has 6 nitrogen and oxygen atoms in total. The van der Waals surface area contributed by atoms with Crippen LogP contribution in [0, 0.1) is 0 Å². The van der Waals surface area contributed by atoms with Crippen molar-refractivity contribution in [3.8, 4) is 0 Å². The van der Waals surface area contributed by atoms with E-state index in [0.29, 0.717) is 4.31 Å². The molecule has 0 fully saturated rings. The predicted octanol–water partition coefficient (Wildman–Crippen LogP) is 3.69. The SMILES string of the molecule is CC(C)(C)OC(=O)Cc1ccccc1S(=O)(=O)N(C=O)c1ccc(Br)cc1. The van der Waals surface area contributed by atoms with Gasteiger partial charge in [-0.25, -0.2) is 12.7 Å². The first-order valence-electron chi connectivity index (χ1n) is 8.09. The van der Waals surface area contributed by atoms with E-state index in [4.69, 9.17) is 4.74 Å². The summed E-state index contributed by atoms with van der Waals surface area (Å²) in [6.45, 7) is 5.19. The monoisotopic (exact) mass is 453 g/mol. The number of carbonyl (C=O) groups is 2. The first-order chi connectivity index (χ1) is 12.5. The highest BCUT2D eigenvalue weighted by Gasteiger charge is 2.28. The smallest absolute Gasteiger partial charge is 0.310 e. The second-order valence-electron chi connectivity index (χ2n) is 6.75. The first-order valence-corrected chi connectivity index (χ1v) is 10.3. The molecule has 0 atom stereocenters. The van der Waals surface area contributed by atoms with Crippen molar-refractivity contribution in [3.05, 3.63) is 58.6 Å². The number of anilines is 1. The van der Waals surface area contributed by atoms with E-state index in [1.165, 1.54) is 30.3 Å². The summed E-state index contributed by atoms with van der Waals surface area (Å²) in [6, 6.07) is 12.3. The fraction of sp³-hybridized carbons (Fsp3) is 0.263. The van der Waals surface area contributed by atoms with Gasteiger partial charge in [0.15, 0.2) is 0 Å². The van der Waals surface area contributed by atoms with Gasteiger partial charge < -0.3 is 4.74 Å². The molecule has 0 aliphatic rings. The molecular formula is C19H20BrNO5S. The third kappa shape index (κ3) is 5.40. The van der Waals surface area contributed by atoms with Crippen LogP contribution < -0.4 is 4.31 Å². The summed E-state index contributed by atoms with van der Waals surface area (Å²) < 4.78 is 32.8. The summed E-state index contributed by atoms with van der Waals surface area (Å²) in [7, 11) is -4.19. The summed E-state index contributed by atoms with van der Waals surface area (Å²) in [6.07, 6.45) is 0.0164. The van der Waals surface area contributed by atoms with Crippen LogP contribution in [0.1, 0.15) is 26.3 Å². The van der Waals surface area contributed by atoms with Crippen molar-refractivity contribution >= 4 is 44.0 Å². The Morgan fingerprint density at radius 2 is 1.70 bits per heavy atom. The molecule has 0 spiro atoms. The number of esters is 1. The minimum absolute atomic E-state index is 0.120. The molecule has 0 aromatic heterocycles. The number of ether oxygens (including phenoxy) is 1. The van der Waals surface area contributed by atoms with Gasteiger partial charge in [0, 0.05) is 4.47 Å². The molecule has 144 valence electrons. The lowest BCUT2D eigenvalue weighted by molar-refractivity contribution is -0.153. The molecule has 2 rings (SSSR count). The Bertz CT molecular complexity index is 933. The number of amides is 1. The maximum Gasteiger partial charge on any atom is 0.310 e. The van der Waals surface area contributed by atoms with E-state index < -0.39 is 21.6 Å². The predicted molar refractivity (Wildman–Crippen MR) is 106 cm³/mol. The summed E-state index contributed by atoms with van der Waals surface area (Å²) in [5.41, 5.74) is -0.229. The van der Waals surface area contributed by atoms with Crippen LogP contribution in [0.3, 0.4) is 0 Å². The number of hydrogen-bond acceptors (Lipinski definition) is 5. The number of nitrogens with zero attached hydrogens (tertiary/aromatic N) is 1. The van der Waals surface area contributed by atoms with Crippen molar-refractivity contribution < 1.29 is 22.7 Å². The Kier molecular flexibility index (Phi) is 6.43. The van der Waals surface area contributed by atoms with Gasteiger partial charge in [0.05, 0.1) is 17.0 Å². The van der Waals surface area contributed by atoms with Gasteiger partial charge in [0.25, 0.3) is 10.0 Å². The fourth-order valence-corrected chi connectivity index (χ4v) is 4.10. The van der Waals surface area contributed by atoms with Gasteiger partial charge in [-0.05, 0) is 56.7 Å². The minimum atomic E-state index is -4.19. The second-order valence-corrected chi connectivity index (χ2v) is 9.45. The minimum Gasteiger partial charge on any atom is -0.460 e. The zero-order valence-corrected chi connectivity index (χ0v) is 17.6. The molecule has 0 N–H and O–H groups in total. The number of sulfonamides is 1. The van der Waals surface area contributed by atoms with Gasteiger partial charge in [-0.1, -0.05) is 34.1 Å². The van der Waals surface area contributed by atoms with Crippen molar-refractivity contribution in [1.29, 1.82) is 0 Å². The highest BCUT2D eigenvalue weighted by molar-refractivity contribution is 9.10. The summed E-state index contributed by atoms with van der Waals surface area (Å²) in [5, 5.41) is 0. The Labute approximate surface area is 167 Å². The Hall–Kier alpha value is -2.19. The standard InChI is InChI=1S/C19H20BrNO5S/c1-19(2,3)26-18(23)12-14-6-4-5-7-17(14)27(24,25)21(13-22)16-10-8-15(20)9-11-16/h4-11,13H,12H2,1-3H3. The number of carbonyl (C=O) groups excluding carboxylic acids is 2. The number of rotatable bonds is 6. The van der Waals surface area contributed by atoms with Crippen molar-refractivity contribution in [2.45, 2.75) is 37.7 Å². The molecule has 27 heavy (non-hydrogen) atoms. The summed E-state index contributed by atoms with van der Waals surface area (Å²) in [4.78, 5) is 23.6. The number of halogens is 1. The molecule has 0 unspecified atom stereocenters. The number of benzene rings is 2. The fourth-order valence-electron chi connectivity index (χ4n) is 2.38. The molecule has 0 saturated heterocycles. The van der Waals surface area contributed by atoms with Gasteiger partial charge >= 0.3 is 5.97 Å². The maximum absolute atomic E-state index is 13.1. The highest BCUT2D eigenvalue weighted by Crippen LogP contribution is 2.26. The molecule has 0 heterocycles. The molecule has 0 bridgehead atoms. The van der Waals surface area contributed by atoms with Gasteiger partial charge in [-0.2, -0.15) is 0 Å². The Balaban J connectivity index is 2.42. The normalized spacial score (nSPS) is 11.7. The largest absolute Gasteiger partial charge is 0.460 e. The lowest BCUT2D eigenvalue weighted by Crippen LogP contribution is -2.31. The van der Waals surface area contributed by atoms with E-state index in [-0.39, 0.29) is 29.0 Å². The summed E-state index contributed by atoms with van der Waals surface area (Å²) in [5.74, 6) is -0.550. The molecule has 8 heteroatoms. The third-order valence-electron chi connectivity index (χ3n) is 3.44. The molecule has 0 aliphatic carbocycles. The van der Waals surface area contributed by atoms with Crippen molar-refractivity contribution in [3.63, 3.8) is 0 Å². The van der Waals surface area contributed by atoms with E-state index in [0.717, 1.165) is 4.47 Å². The van der Waals surface area contributed by atoms with Crippen LogP contribution in [0.15, 0.2) is 57.9 Å². The maximum atomic E-state index is 13.1. The van der Waals surface area contributed by atoms with E-state index in [1.807, 2.05) is 0 Å². The lowest BCUT2D eigenvalue weighted by atomic mass is 10.1. The van der Waals surface area contributed by atoms with Gasteiger partial charge in [-0.15, -0.1) is 0 Å². The molecular weight excluding hydrogens is 434 g/mol. The van der Waals surface area contributed by atoms with Crippen LogP contribution in [0.2, 0.25) is 0 Å². The molecule has 0 radical (unpaired) electrons. The first kappa shape index (κ1) is 21.1. The Morgan fingerprint density at radius 1 is 1.11 bits per heavy atom. The van der Waals surface area contributed by atoms with Crippen molar-refractivity contribution in [1.82, 2.24) is 0 Å². The van der Waals surface area contributed by atoms with Crippen LogP contribution in [-0.2, 0) is 30.8 Å². The van der Waals surface area contributed by atoms with E-state index in [1.54, 1.807) is 39.0 Å². The van der Waals surface area contributed by atoms with E-state index >= 15 is 0 Å². The molecule has 2 aromatic carbocycles. The molecule has 0 aliphatic heterocycles. The van der Waals surface area contributed by atoms with Gasteiger partial charge in [0.2, 0.25) is 6.41 Å². The van der Waals surface area contributed by atoms with Crippen LogP contribution in [-0.4, -0.2) is 26.4 Å². The average molecular weight is 454 g/mol. The molecule has 0 saturated carbocycles. The van der Waals surface area contributed by atoms with Gasteiger partial charge in [-0.3, -0.25) is 9.59 Å². The zero-order valence-electron chi connectivity index (χ0n) is 15.2. The average Bonchev–Trinajstić information content (AvgIpc) is 2.55. The quantitative estimate of drug-likeness (QED) is 0.492. The van der Waals surface area contributed by atoms with E-state index in [9.17, 15) is 18.0 Å². The third-order valence-corrected chi connectivity index (χ3v) is 5.74. The van der Waals surface area contributed by atoms with Crippen molar-refractivity contribution in [2.24, 2.45) is 0 Å². The topological polar surface area (TPSA) is 80.8 Å². The van der Waals surface area contributed by atoms with Crippen LogP contribution in [0.5, 0.6) is 0 Å². The van der Waals surface area contributed by atoms with Crippen LogP contribution >= 0.6 is 15.9 Å². The zero-order chi connectivity index (χ0) is 20.2. The molecule has 2 aromatic rings. The van der Waals surface area contributed by atoms with Crippen molar-refractivity contribution in [2.75, 3.05) is 4.31 Å². The lowest BCUT2D eigenvalue weighted by Gasteiger charge is -2.21. The highest BCUT2D eigenvalue weighted by atomic mass is 79.9. The Morgan fingerprint density at radius 3 is 2.26 bits per heavy atom. The van der Waals surface area contributed by atoms with Crippen LogP contribution in [0.25, 0.3) is 0 Å². The van der Waals surface area contributed by atoms with E-state index in [2.05, 4.69) is 15.9 Å². The second kappa shape index (κ2) is 8.22. The molecule has 1 amide bonds. The summed E-state index contributed by atoms with van der Waals surface area (Å²) >= 11 is 3.27. The van der Waals surface area contributed by atoms with Crippen LogP contribution in [0.4, 0.5) is 5.69 Å².